The lowest BCUT2D eigenvalue weighted by Crippen LogP contribution is -1.99. The van der Waals surface area contributed by atoms with E-state index in [1.54, 1.807) is 12.3 Å². The smallest absolute Gasteiger partial charge is 0.354 e. The Labute approximate surface area is 113 Å². The van der Waals surface area contributed by atoms with Crippen LogP contribution in [-0.4, -0.2) is 21.0 Å². The summed E-state index contributed by atoms with van der Waals surface area (Å²) in [5.74, 6) is -0.396. The summed E-state index contributed by atoms with van der Waals surface area (Å²) in [4.78, 5) is 19.4. The molecule has 2 aromatic rings. The molecule has 0 fully saturated rings. The van der Waals surface area contributed by atoms with Crippen LogP contribution in [0.25, 0.3) is 0 Å². The number of thioether (sulfide) groups is 1. The molecule has 92 valence electrons. The number of hydrogen-bond acceptors (Lipinski definition) is 4. The van der Waals surface area contributed by atoms with Crippen molar-refractivity contribution < 1.29 is 9.90 Å². The Hall–Kier alpha value is -1.59. The summed E-state index contributed by atoms with van der Waals surface area (Å²) in [6.07, 6.45) is 3.11. The third-order valence-corrected chi connectivity index (χ3v) is 3.56. The van der Waals surface area contributed by atoms with Crippen molar-refractivity contribution in [3.8, 4) is 0 Å². The van der Waals surface area contributed by atoms with E-state index < -0.39 is 5.97 Å². The van der Waals surface area contributed by atoms with Gasteiger partial charge in [-0.1, -0.05) is 17.7 Å². The third kappa shape index (κ3) is 3.21. The summed E-state index contributed by atoms with van der Waals surface area (Å²) in [6, 6.07) is 7.01. The Morgan fingerprint density at radius 2 is 2.17 bits per heavy atom. The van der Waals surface area contributed by atoms with E-state index in [1.165, 1.54) is 24.0 Å². The maximum atomic E-state index is 10.8. The number of pyridine rings is 2. The minimum atomic E-state index is -1.03. The summed E-state index contributed by atoms with van der Waals surface area (Å²) in [5, 5.41) is 9.31. The summed E-state index contributed by atoms with van der Waals surface area (Å²) >= 11 is 7.43. The molecule has 1 N–H and O–H groups in total. The average molecular weight is 281 g/mol. The topological polar surface area (TPSA) is 63.1 Å². The predicted octanol–water partition coefficient (Wildman–Crippen LogP) is 3.12. The molecule has 0 aliphatic carbocycles. The van der Waals surface area contributed by atoms with E-state index in [0.29, 0.717) is 10.9 Å². The van der Waals surface area contributed by atoms with Crippen LogP contribution in [0.2, 0.25) is 5.15 Å². The maximum Gasteiger partial charge on any atom is 0.354 e. The highest BCUT2D eigenvalue weighted by atomic mass is 35.5. The predicted molar refractivity (Wildman–Crippen MR) is 70.0 cm³/mol. The molecule has 0 spiro atoms. The Morgan fingerprint density at radius 3 is 2.89 bits per heavy atom. The molecule has 0 radical (unpaired) electrons. The van der Waals surface area contributed by atoms with Crippen LogP contribution in [0, 0.1) is 0 Å². The summed E-state index contributed by atoms with van der Waals surface area (Å²) in [7, 11) is 0. The van der Waals surface area contributed by atoms with Crippen molar-refractivity contribution in [2.75, 3.05) is 0 Å². The Morgan fingerprint density at radius 1 is 1.33 bits per heavy atom. The van der Waals surface area contributed by atoms with Gasteiger partial charge in [-0.2, -0.15) is 0 Å². The molecule has 0 amide bonds. The zero-order valence-corrected chi connectivity index (χ0v) is 10.8. The highest BCUT2D eigenvalue weighted by Gasteiger charge is 2.06. The lowest BCUT2D eigenvalue weighted by Gasteiger charge is -2.03. The molecular formula is C12H9ClN2O2S. The number of halogens is 1. The minimum Gasteiger partial charge on any atom is -0.477 e. The first-order chi connectivity index (χ1) is 8.66. The largest absolute Gasteiger partial charge is 0.477 e. The van der Waals surface area contributed by atoms with Crippen LogP contribution >= 0.6 is 23.4 Å². The van der Waals surface area contributed by atoms with Crippen molar-refractivity contribution in [3.05, 3.63) is 53.1 Å². The number of aromatic carboxylic acids is 1. The normalized spacial score (nSPS) is 10.3. The first-order valence-electron chi connectivity index (χ1n) is 5.08. The standard InChI is InChI=1S/C12H9ClN2O2S/c13-11-8(2-1-4-15-11)7-18-9-3-5-14-10(6-9)12(16)17/h1-6H,7H2,(H,16,17). The Balaban J connectivity index is 2.09. The van der Waals surface area contributed by atoms with Gasteiger partial charge in [0.05, 0.1) is 0 Å². The van der Waals surface area contributed by atoms with E-state index in [1.807, 2.05) is 12.1 Å². The zero-order valence-electron chi connectivity index (χ0n) is 9.21. The number of carbonyl (C=O) groups is 1. The van der Waals surface area contributed by atoms with E-state index in [9.17, 15) is 4.79 Å². The number of rotatable bonds is 4. The highest BCUT2D eigenvalue weighted by molar-refractivity contribution is 7.98. The van der Waals surface area contributed by atoms with Crippen LogP contribution in [-0.2, 0) is 5.75 Å². The fourth-order valence-electron chi connectivity index (χ4n) is 1.31. The van der Waals surface area contributed by atoms with Gasteiger partial charge in [-0.15, -0.1) is 11.8 Å². The molecule has 6 heteroatoms. The molecule has 2 heterocycles. The van der Waals surface area contributed by atoms with Crippen molar-refractivity contribution in [1.29, 1.82) is 0 Å². The molecule has 0 bridgehead atoms. The monoisotopic (exact) mass is 280 g/mol. The first-order valence-corrected chi connectivity index (χ1v) is 6.44. The summed E-state index contributed by atoms with van der Waals surface area (Å²) in [6.45, 7) is 0. The molecule has 0 saturated carbocycles. The van der Waals surface area contributed by atoms with E-state index in [0.717, 1.165) is 10.5 Å². The van der Waals surface area contributed by atoms with Crippen molar-refractivity contribution in [3.63, 3.8) is 0 Å². The van der Waals surface area contributed by atoms with Gasteiger partial charge >= 0.3 is 5.97 Å². The van der Waals surface area contributed by atoms with Crippen LogP contribution < -0.4 is 0 Å². The molecule has 4 nitrogen and oxygen atoms in total. The molecule has 0 aromatic carbocycles. The molecule has 0 saturated heterocycles. The van der Waals surface area contributed by atoms with E-state index in [-0.39, 0.29) is 5.69 Å². The number of hydrogen-bond donors (Lipinski definition) is 1. The second-order valence-electron chi connectivity index (χ2n) is 3.42. The lowest BCUT2D eigenvalue weighted by molar-refractivity contribution is 0.0690. The van der Waals surface area contributed by atoms with Gasteiger partial charge in [-0.3, -0.25) is 0 Å². The number of carboxylic acids is 1. The van der Waals surface area contributed by atoms with Crippen molar-refractivity contribution in [2.24, 2.45) is 0 Å². The summed E-state index contributed by atoms with van der Waals surface area (Å²) in [5.41, 5.74) is 0.954. The van der Waals surface area contributed by atoms with Crippen LogP contribution in [0.15, 0.2) is 41.6 Å². The third-order valence-electron chi connectivity index (χ3n) is 2.18. The Kier molecular flexibility index (Phi) is 4.17. The average Bonchev–Trinajstić information content (AvgIpc) is 2.38. The second-order valence-corrected chi connectivity index (χ2v) is 4.83. The maximum absolute atomic E-state index is 10.8. The van der Waals surface area contributed by atoms with Gasteiger partial charge in [0, 0.05) is 23.0 Å². The zero-order chi connectivity index (χ0) is 13.0. The molecular weight excluding hydrogens is 272 g/mol. The van der Waals surface area contributed by atoms with Gasteiger partial charge in [0.15, 0.2) is 0 Å². The van der Waals surface area contributed by atoms with Gasteiger partial charge in [-0.25, -0.2) is 14.8 Å². The number of carboxylic acid groups (broad SMARTS) is 1. The van der Waals surface area contributed by atoms with E-state index in [2.05, 4.69) is 9.97 Å². The molecule has 0 aliphatic heterocycles. The SMILES string of the molecule is O=C(O)c1cc(SCc2cccnc2Cl)ccn1. The van der Waals surface area contributed by atoms with Crippen molar-refractivity contribution in [2.45, 2.75) is 10.6 Å². The van der Waals surface area contributed by atoms with Crippen LogP contribution in [0.1, 0.15) is 16.1 Å². The van der Waals surface area contributed by atoms with Crippen molar-refractivity contribution in [1.82, 2.24) is 9.97 Å². The molecule has 0 aliphatic rings. The fraction of sp³-hybridized carbons (Fsp3) is 0.0833. The van der Waals surface area contributed by atoms with E-state index >= 15 is 0 Å². The van der Waals surface area contributed by atoms with Crippen LogP contribution in [0.5, 0.6) is 0 Å². The van der Waals surface area contributed by atoms with Gasteiger partial charge in [0.25, 0.3) is 0 Å². The summed E-state index contributed by atoms with van der Waals surface area (Å²) < 4.78 is 0. The highest BCUT2D eigenvalue weighted by Crippen LogP contribution is 2.25. The van der Waals surface area contributed by atoms with Gasteiger partial charge in [-0.05, 0) is 23.8 Å². The molecule has 2 rings (SSSR count). The van der Waals surface area contributed by atoms with Crippen LogP contribution in [0.4, 0.5) is 0 Å². The Bertz CT molecular complexity index is 578. The van der Waals surface area contributed by atoms with Crippen molar-refractivity contribution >= 4 is 29.3 Å². The van der Waals surface area contributed by atoms with Gasteiger partial charge in [0.2, 0.25) is 0 Å². The number of aromatic nitrogens is 2. The molecule has 2 aromatic heterocycles. The second kappa shape index (κ2) is 5.84. The molecule has 0 atom stereocenters. The molecule has 18 heavy (non-hydrogen) atoms. The molecule has 0 unspecified atom stereocenters. The minimum absolute atomic E-state index is 0.0392. The lowest BCUT2D eigenvalue weighted by atomic mass is 10.3. The quantitative estimate of drug-likeness (QED) is 0.689. The van der Waals surface area contributed by atoms with Gasteiger partial charge < -0.3 is 5.11 Å². The number of nitrogens with zero attached hydrogens (tertiary/aromatic N) is 2. The fourth-order valence-corrected chi connectivity index (χ4v) is 2.48. The van der Waals surface area contributed by atoms with Crippen LogP contribution in [0.3, 0.4) is 0 Å². The first kappa shape index (κ1) is 12.9. The van der Waals surface area contributed by atoms with E-state index in [4.69, 9.17) is 16.7 Å². The van der Waals surface area contributed by atoms with Gasteiger partial charge in [0.1, 0.15) is 10.8 Å².